The monoisotopic (exact) mass is 384 g/mol. The number of carbonyl (C=O) groups is 1. The van der Waals surface area contributed by atoms with Gasteiger partial charge in [0.05, 0.1) is 17.4 Å². The van der Waals surface area contributed by atoms with Crippen molar-refractivity contribution >= 4 is 51.8 Å². The molecule has 3 rings (SSSR count). The molecule has 0 atom stereocenters. The molecule has 10 heteroatoms. The molecule has 0 spiro atoms. The van der Waals surface area contributed by atoms with Gasteiger partial charge in [-0.2, -0.15) is 0 Å². The van der Waals surface area contributed by atoms with Gasteiger partial charge in [-0.25, -0.2) is 19.7 Å². The van der Waals surface area contributed by atoms with E-state index in [2.05, 4.69) is 30.9 Å². The molecule has 0 aliphatic carbocycles. The second-order valence-electron chi connectivity index (χ2n) is 5.44. The minimum Gasteiger partial charge on any atom is -0.508 e. The number of phenols is 1. The van der Waals surface area contributed by atoms with Crippen LogP contribution in [0.1, 0.15) is 17.3 Å². The maximum Gasteiger partial charge on any atom is 0.337 e. The van der Waals surface area contributed by atoms with Gasteiger partial charge < -0.3 is 26.2 Å². The van der Waals surface area contributed by atoms with E-state index in [9.17, 15) is 15.0 Å². The minimum absolute atomic E-state index is 0.0868. The van der Waals surface area contributed by atoms with Crippen molar-refractivity contribution in [2.24, 2.45) is 0 Å². The van der Waals surface area contributed by atoms with Crippen LogP contribution in [0.15, 0.2) is 36.5 Å². The van der Waals surface area contributed by atoms with Gasteiger partial charge in [0.25, 0.3) is 0 Å². The standard InChI is InChI=1S/C17H16N6O3S/c1-2-18-17(27)23-13-6-5-12-15(21-13)22-14(8-19-12)20-11-4-3-9(24)7-10(11)16(25)26/h3-8,24H,2H2,1H3,(H,25,26)(H3,18,20,21,22,23,27). The second-order valence-corrected chi connectivity index (χ2v) is 5.85. The topological polar surface area (TPSA) is 132 Å². The van der Waals surface area contributed by atoms with Gasteiger partial charge in [-0.1, -0.05) is 0 Å². The third-order valence-electron chi connectivity index (χ3n) is 3.48. The fourth-order valence-corrected chi connectivity index (χ4v) is 2.55. The molecule has 0 bridgehead atoms. The number of phenolic OH excluding ortho intramolecular Hbond substituents is 1. The number of hydrogen-bond donors (Lipinski definition) is 5. The smallest absolute Gasteiger partial charge is 0.337 e. The number of nitrogens with zero attached hydrogens (tertiary/aromatic N) is 3. The summed E-state index contributed by atoms with van der Waals surface area (Å²) in [6.07, 6.45) is 1.47. The fraction of sp³-hybridized carbons (Fsp3) is 0.118. The first-order valence-corrected chi connectivity index (χ1v) is 8.39. The molecule has 0 radical (unpaired) electrons. The molecule has 2 heterocycles. The van der Waals surface area contributed by atoms with E-state index in [1.807, 2.05) is 6.92 Å². The van der Waals surface area contributed by atoms with Crippen LogP contribution in [0.2, 0.25) is 0 Å². The molecule has 3 aromatic rings. The number of rotatable bonds is 5. The number of aromatic nitrogens is 3. The Balaban J connectivity index is 1.90. The summed E-state index contributed by atoms with van der Waals surface area (Å²) in [6.45, 7) is 2.62. The van der Waals surface area contributed by atoms with Crippen LogP contribution >= 0.6 is 12.2 Å². The van der Waals surface area contributed by atoms with Crippen LogP contribution in [0.25, 0.3) is 11.2 Å². The van der Waals surface area contributed by atoms with Gasteiger partial charge in [0.2, 0.25) is 0 Å². The summed E-state index contributed by atoms with van der Waals surface area (Å²) in [5, 5.41) is 28.0. The third-order valence-corrected chi connectivity index (χ3v) is 3.73. The summed E-state index contributed by atoms with van der Waals surface area (Å²) in [4.78, 5) is 24.3. The number of nitrogens with one attached hydrogen (secondary N) is 3. The van der Waals surface area contributed by atoms with E-state index in [4.69, 9.17) is 12.2 Å². The lowest BCUT2D eigenvalue weighted by Crippen LogP contribution is -2.28. The van der Waals surface area contributed by atoms with Crippen LogP contribution < -0.4 is 16.0 Å². The number of anilines is 3. The number of benzene rings is 1. The molecule has 27 heavy (non-hydrogen) atoms. The molecular formula is C17H16N6O3S. The van der Waals surface area contributed by atoms with E-state index in [-0.39, 0.29) is 17.0 Å². The summed E-state index contributed by atoms with van der Waals surface area (Å²) in [7, 11) is 0. The Morgan fingerprint density at radius 3 is 2.70 bits per heavy atom. The lowest BCUT2D eigenvalue weighted by Gasteiger charge is -2.10. The quantitative estimate of drug-likeness (QED) is 0.330. The molecule has 0 saturated carbocycles. The van der Waals surface area contributed by atoms with Crippen molar-refractivity contribution in [2.45, 2.75) is 6.92 Å². The molecule has 5 N–H and O–H groups in total. The summed E-state index contributed by atoms with van der Waals surface area (Å²) in [6, 6.07) is 7.46. The van der Waals surface area contributed by atoms with Crippen LogP contribution in [0.4, 0.5) is 17.3 Å². The first-order chi connectivity index (χ1) is 13.0. The Morgan fingerprint density at radius 2 is 1.96 bits per heavy atom. The fourth-order valence-electron chi connectivity index (χ4n) is 2.30. The molecule has 138 valence electrons. The Bertz CT molecular complexity index is 1030. The van der Waals surface area contributed by atoms with Crippen LogP contribution in [-0.4, -0.2) is 42.8 Å². The van der Waals surface area contributed by atoms with Gasteiger partial charge in [0, 0.05) is 6.54 Å². The maximum atomic E-state index is 11.4. The average Bonchev–Trinajstić information content (AvgIpc) is 2.63. The van der Waals surface area contributed by atoms with Crippen molar-refractivity contribution in [2.75, 3.05) is 17.2 Å². The van der Waals surface area contributed by atoms with Crippen LogP contribution in [0.5, 0.6) is 5.75 Å². The Hall–Kier alpha value is -3.53. The van der Waals surface area contributed by atoms with Crippen LogP contribution in [0.3, 0.4) is 0 Å². The number of fused-ring (bicyclic) bond motifs is 1. The molecule has 2 aromatic heterocycles. The van der Waals surface area contributed by atoms with Gasteiger partial charge in [-0.05, 0) is 49.5 Å². The zero-order valence-electron chi connectivity index (χ0n) is 14.2. The zero-order valence-corrected chi connectivity index (χ0v) is 15.0. The first-order valence-electron chi connectivity index (χ1n) is 7.98. The summed E-state index contributed by atoms with van der Waals surface area (Å²) in [5.74, 6) is -0.495. The van der Waals surface area contributed by atoms with Crippen molar-refractivity contribution in [3.8, 4) is 5.75 Å². The number of thiocarbonyl (C=S) groups is 1. The third kappa shape index (κ3) is 4.36. The van der Waals surface area contributed by atoms with Crippen LogP contribution in [-0.2, 0) is 0 Å². The summed E-state index contributed by atoms with van der Waals surface area (Å²) < 4.78 is 0. The van der Waals surface area contributed by atoms with E-state index < -0.39 is 5.97 Å². The zero-order chi connectivity index (χ0) is 19.4. The molecule has 1 aromatic carbocycles. The Labute approximate surface area is 159 Å². The lowest BCUT2D eigenvalue weighted by atomic mass is 10.1. The SMILES string of the molecule is CCNC(=S)Nc1ccc2ncc(Nc3ccc(O)cc3C(=O)O)nc2n1. The molecule has 0 aliphatic rings. The minimum atomic E-state index is -1.18. The van der Waals surface area contributed by atoms with Crippen molar-refractivity contribution < 1.29 is 15.0 Å². The van der Waals surface area contributed by atoms with Crippen molar-refractivity contribution in [1.82, 2.24) is 20.3 Å². The average molecular weight is 384 g/mol. The van der Waals surface area contributed by atoms with Gasteiger partial charge in [-0.15, -0.1) is 0 Å². The number of carboxylic acids is 1. The number of carboxylic acid groups (broad SMARTS) is 1. The van der Waals surface area contributed by atoms with Gasteiger partial charge in [0.15, 0.2) is 16.6 Å². The van der Waals surface area contributed by atoms with Crippen molar-refractivity contribution in [1.29, 1.82) is 0 Å². The normalized spacial score (nSPS) is 10.4. The summed E-state index contributed by atoms with van der Waals surface area (Å²) in [5.41, 5.74) is 1.12. The highest BCUT2D eigenvalue weighted by Crippen LogP contribution is 2.24. The predicted molar refractivity (Wildman–Crippen MR) is 106 cm³/mol. The number of hydrogen-bond acceptors (Lipinski definition) is 7. The lowest BCUT2D eigenvalue weighted by molar-refractivity contribution is 0.0697. The highest BCUT2D eigenvalue weighted by Gasteiger charge is 2.12. The maximum absolute atomic E-state index is 11.4. The number of aromatic carboxylic acids is 1. The molecule has 0 amide bonds. The number of aromatic hydroxyl groups is 1. The Morgan fingerprint density at radius 1 is 1.19 bits per heavy atom. The molecule has 0 aliphatic heterocycles. The highest BCUT2D eigenvalue weighted by molar-refractivity contribution is 7.80. The van der Waals surface area contributed by atoms with Crippen LogP contribution in [0, 0.1) is 0 Å². The molecule has 0 unspecified atom stereocenters. The Kier molecular flexibility index (Phi) is 5.27. The largest absolute Gasteiger partial charge is 0.508 e. The molecule has 0 saturated heterocycles. The highest BCUT2D eigenvalue weighted by atomic mass is 32.1. The van der Waals surface area contributed by atoms with E-state index in [0.29, 0.717) is 34.5 Å². The molecular weight excluding hydrogens is 368 g/mol. The van der Waals surface area contributed by atoms with E-state index in [1.165, 1.54) is 18.3 Å². The van der Waals surface area contributed by atoms with Gasteiger partial charge >= 0.3 is 5.97 Å². The van der Waals surface area contributed by atoms with E-state index in [1.54, 1.807) is 12.1 Å². The molecule has 0 fully saturated rings. The van der Waals surface area contributed by atoms with Crippen molar-refractivity contribution in [3.05, 3.63) is 42.1 Å². The second kappa shape index (κ2) is 7.79. The van der Waals surface area contributed by atoms with E-state index >= 15 is 0 Å². The number of pyridine rings is 1. The first kappa shape index (κ1) is 18.3. The van der Waals surface area contributed by atoms with Gasteiger partial charge in [0.1, 0.15) is 17.1 Å². The van der Waals surface area contributed by atoms with E-state index in [0.717, 1.165) is 6.07 Å². The summed E-state index contributed by atoms with van der Waals surface area (Å²) >= 11 is 5.13. The predicted octanol–water partition coefficient (Wildman–Crippen LogP) is 2.48. The molecule has 9 nitrogen and oxygen atoms in total. The van der Waals surface area contributed by atoms with Gasteiger partial charge in [-0.3, -0.25) is 0 Å². The van der Waals surface area contributed by atoms with Crippen molar-refractivity contribution in [3.63, 3.8) is 0 Å².